The molecule has 2 heterocycles. The molecule has 1 aliphatic rings. The number of aromatic nitrogens is 2. The predicted octanol–water partition coefficient (Wildman–Crippen LogP) is 3.12. The molecule has 0 saturated heterocycles. The van der Waals surface area contributed by atoms with Crippen LogP contribution in [0.2, 0.25) is 0 Å². The fourth-order valence-corrected chi connectivity index (χ4v) is 3.75. The Kier molecular flexibility index (Phi) is 5.10. The summed E-state index contributed by atoms with van der Waals surface area (Å²) in [6.45, 7) is 3.83. The molecular weight excluding hydrogens is 390 g/mol. The third-order valence-corrected chi connectivity index (χ3v) is 5.24. The number of rotatable bonds is 4. The van der Waals surface area contributed by atoms with Crippen molar-refractivity contribution < 1.29 is 14.3 Å². The van der Waals surface area contributed by atoms with Crippen LogP contribution in [0.1, 0.15) is 22.8 Å². The molecule has 7 nitrogen and oxygen atoms in total. The topological polar surface area (TPSA) is 76.6 Å². The number of nitrogens with one attached hydrogen (secondary N) is 1. The number of ether oxygens (including phenoxy) is 2. The Morgan fingerprint density at radius 3 is 2.69 bits per heavy atom. The van der Waals surface area contributed by atoms with Crippen molar-refractivity contribution in [3.8, 4) is 11.5 Å². The first kappa shape index (κ1) is 19.2. The summed E-state index contributed by atoms with van der Waals surface area (Å²) in [5.74, 6) is 1.26. The summed E-state index contributed by atoms with van der Waals surface area (Å²) in [4.78, 5) is 30.1. The van der Waals surface area contributed by atoms with E-state index in [4.69, 9.17) is 21.7 Å². The number of benzene rings is 2. The van der Waals surface area contributed by atoms with Gasteiger partial charge in [-0.15, -0.1) is 0 Å². The van der Waals surface area contributed by atoms with Gasteiger partial charge in [0.05, 0.1) is 10.9 Å². The molecule has 0 fully saturated rings. The van der Waals surface area contributed by atoms with Crippen LogP contribution < -0.4 is 15.0 Å². The first-order valence-electron chi connectivity index (χ1n) is 9.39. The number of carbonyl (C=O) groups is 1. The van der Waals surface area contributed by atoms with Crippen molar-refractivity contribution in [2.24, 2.45) is 0 Å². The van der Waals surface area contributed by atoms with Crippen molar-refractivity contribution in [3.05, 3.63) is 62.6 Å². The molecule has 2 aromatic carbocycles. The van der Waals surface area contributed by atoms with E-state index < -0.39 is 0 Å². The quantitative estimate of drug-likeness (QED) is 0.668. The van der Waals surface area contributed by atoms with E-state index in [0.717, 1.165) is 11.3 Å². The van der Waals surface area contributed by atoms with Gasteiger partial charge in [-0.25, -0.2) is 0 Å². The predicted molar refractivity (Wildman–Crippen MR) is 112 cm³/mol. The first-order valence-corrected chi connectivity index (χ1v) is 9.79. The highest BCUT2D eigenvalue weighted by Gasteiger charge is 2.16. The molecule has 0 saturated carbocycles. The highest BCUT2D eigenvalue weighted by molar-refractivity contribution is 7.71. The average molecular weight is 411 g/mol. The summed E-state index contributed by atoms with van der Waals surface area (Å²) in [5, 5.41) is 0.506. The second kappa shape index (κ2) is 7.71. The molecule has 0 aliphatic carbocycles. The molecule has 0 spiro atoms. The Hall–Kier alpha value is -3.13. The highest BCUT2D eigenvalue weighted by atomic mass is 32.1. The normalized spacial score (nSPS) is 12.8. The van der Waals surface area contributed by atoms with E-state index in [2.05, 4.69) is 4.98 Å². The van der Waals surface area contributed by atoms with Gasteiger partial charge in [-0.2, -0.15) is 0 Å². The van der Waals surface area contributed by atoms with Crippen LogP contribution in [-0.2, 0) is 13.1 Å². The van der Waals surface area contributed by atoms with E-state index in [0.29, 0.717) is 53.3 Å². The van der Waals surface area contributed by atoms with Crippen LogP contribution in [0.3, 0.4) is 0 Å². The Morgan fingerprint density at radius 1 is 1.17 bits per heavy atom. The van der Waals surface area contributed by atoms with Gasteiger partial charge in [0.15, 0.2) is 16.3 Å². The highest BCUT2D eigenvalue weighted by Crippen LogP contribution is 2.31. The van der Waals surface area contributed by atoms with Crippen LogP contribution in [0.25, 0.3) is 10.9 Å². The zero-order chi connectivity index (χ0) is 20.5. The van der Waals surface area contributed by atoms with E-state index in [1.807, 2.05) is 25.1 Å². The van der Waals surface area contributed by atoms with Crippen LogP contribution in [0.5, 0.6) is 11.5 Å². The number of nitrogens with zero attached hydrogens (tertiary/aromatic N) is 2. The average Bonchev–Trinajstić information content (AvgIpc) is 2.73. The fraction of sp³-hybridized carbons (Fsp3) is 0.286. The van der Waals surface area contributed by atoms with E-state index in [1.54, 1.807) is 30.1 Å². The number of fused-ring (bicyclic) bond motifs is 2. The molecule has 1 N–H and O–H groups in total. The number of carbonyl (C=O) groups excluding carboxylic acids is 1. The molecule has 3 aromatic rings. The molecule has 29 heavy (non-hydrogen) atoms. The molecule has 0 radical (unpaired) electrons. The van der Waals surface area contributed by atoms with Crippen LogP contribution in [-0.4, -0.2) is 40.6 Å². The van der Waals surface area contributed by atoms with Gasteiger partial charge in [-0.1, -0.05) is 6.07 Å². The van der Waals surface area contributed by atoms with Gasteiger partial charge < -0.3 is 19.4 Å². The van der Waals surface area contributed by atoms with Crippen LogP contribution in [0.15, 0.2) is 41.2 Å². The van der Waals surface area contributed by atoms with Crippen molar-refractivity contribution in [1.29, 1.82) is 0 Å². The molecule has 1 aliphatic heterocycles. The lowest BCUT2D eigenvalue weighted by atomic mass is 10.1. The van der Waals surface area contributed by atoms with Crippen LogP contribution >= 0.6 is 12.2 Å². The number of hydrogen-bond donors (Lipinski definition) is 1. The Bertz CT molecular complexity index is 1210. The summed E-state index contributed by atoms with van der Waals surface area (Å²) in [6, 6.07) is 10.7. The fourth-order valence-electron chi connectivity index (χ4n) is 3.43. The van der Waals surface area contributed by atoms with Crippen LogP contribution in [0, 0.1) is 4.77 Å². The van der Waals surface area contributed by atoms with Gasteiger partial charge in [-0.05, 0) is 55.0 Å². The Morgan fingerprint density at radius 2 is 1.93 bits per heavy atom. The number of aromatic amines is 1. The maximum atomic E-state index is 12.9. The monoisotopic (exact) mass is 411 g/mol. The largest absolute Gasteiger partial charge is 0.486 e. The zero-order valence-electron chi connectivity index (χ0n) is 16.2. The molecule has 1 aromatic heterocycles. The Labute approximate surface area is 172 Å². The van der Waals surface area contributed by atoms with Crippen LogP contribution in [0.4, 0.5) is 0 Å². The molecule has 0 bridgehead atoms. The summed E-state index contributed by atoms with van der Waals surface area (Å²) in [6.07, 6.45) is 0. The first-order chi connectivity index (χ1) is 14.0. The molecule has 0 atom stereocenters. The van der Waals surface area contributed by atoms with Crippen molar-refractivity contribution in [2.75, 3.05) is 20.3 Å². The molecule has 8 heteroatoms. The van der Waals surface area contributed by atoms with Gasteiger partial charge in [0.1, 0.15) is 13.2 Å². The maximum absolute atomic E-state index is 12.9. The summed E-state index contributed by atoms with van der Waals surface area (Å²) in [5.41, 5.74) is 1.83. The number of H-pyrrole nitrogens is 1. The van der Waals surface area contributed by atoms with E-state index >= 15 is 0 Å². The third-order valence-electron chi connectivity index (χ3n) is 4.92. The summed E-state index contributed by atoms with van der Waals surface area (Å²) in [7, 11) is 1.74. The van der Waals surface area contributed by atoms with Gasteiger partial charge in [0, 0.05) is 25.7 Å². The standard InChI is InChI=1S/C21H21N3O4S/c1-3-24-20(26)15-6-5-14(11-16(15)22-21(24)29)19(25)23(2)12-13-4-7-17-18(10-13)28-9-8-27-17/h4-7,10-11H,3,8-9,12H2,1-2H3,(H,22,29). The molecular formula is C21H21N3O4S. The second-order valence-electron chi connectivity index (χ2n) is 6.88. The minimum absolute atomic E-state index is 0.152. The van der Waals surface area contributed by atoms with Crippen molar-refractivity contribution >= 4 is 29.0 Å². The molecule has 1 amide bonds. The lowest BCUT2D eigenvalue weighted by molar-refractivity contribution is 0.0785. The van der Waals surface area contributed by atoms with Gasteiger partial charge in [-0.3, -0.25) is 14.2 Å². The number of amides is 1. The molecule has 0 unspecified atom stereocenters. The lowest BCUT2D eigenvalue weighted by Gasteiger charge is -2.21. The molecule has 4 rings (SSSR count). The van der Waals surface area contributed by atoms with Crippen molar-refractivity contribution in [2.45, 2.75) is 20.0 Å². The second-order valence-corrected chi connectivity index (χ2v) is 7.27. The summed E-state index contributed by atoms with van der Waals surface area (Å²) >= 11 is 5.25. The van der Waals surface area contributed by atoms with E-state index in [-0.39, 0.29) is 11.5 Å². The van der Waals surface area contributed by atoms with E-state index in [9.17, 15) is 9.59 Å². The SMILES string of the molecule is CCn1c(=S)[nH]c2cc(C(=O)N(C)Cc3ccc4c(c3)OCCO4)ccc2c1=O. The zero-order valence-corrected chi connectivity index (χ0v) is 17.0. The van der Waals surface area contributed by atoms with Gasteiger partial charge in [0.2, 0.25) is 0 Å². The minimum atomic E-state index is -0.158. The van der Waals surface area contributed by atoms with Gasteiger partial charge >= 0.3 is 0 Å². The van der Waals surface area contributed by atoms with Gasteiger partial charge in [0.25, 0.3) is 11.5 Å². The minimum Gasteiger partial charge on any atom is -0.486 e. The molecule has 150 valence electrons. The van der Waals surface area contributed by atoms with E-state index in [1.165, 1.54) is 4.57 Å². The van der Waals surface area contributed by atoms with Crippen molar-refractivity contribution in [3.63, 3.8) is 0 Å². The third kappa shape index (κ3) is 3.63. The number of hydrogen-bond acceptors (Lipinski definition) is 5. The summed E-state index contributed by atoms with van der Waals surface area (Å²) < 4.78 is 13.0. The lowest BCUT2D eigenvalue weighted by Crippen LogP contribution is -2.27. The Balaban J connectivity index is 1.59. The van der Waals surface area contributed by atoms with Crippen molar-refractivity contribution in [1.82, 2.24) is 14.5 Å². The smallest absolute Gasteiger partial charge is 0.262 e. The maximum Gasteiger partial charge on any atom is 0.262 e.